The number of allylic oxidation sites excluding steroid dienone is 2. The van der Waals surface area contributed by atoms with E-state index in [0.717, 1.165) is 23.2 Å². The molecule has 32 heavy (non-hydrogen) atoms. The van der Waals surface area contributed by atoms with Crippen molar-refractivity contribution in [3.63, 3.8) is 0 Å². The second-order valence-corrected chi connectivity index (χ2v) is 10.4. The van der Waals surface area contributed by atoms with Gasteiger partial charge in [0.2, 0.25) is 0 Å². The first-order valence-electron chi connectivity index (χ1n) is 10.4. The molecule has 0 saturated carbocycles. The fourth-order valence-corrected chi connectivity index (χ4v) is 6.01. The average molecular weight is 469 g/mol. The number of sulfonamides is 1. The van der Waals surface area contributed by atoms with Crippen molar-refractivity contribution in [3.05, 3.63) is 100 Å². The Balaban J connectivity index is 1.51. The SMILES string of the molecule is Cc1ccc(Cl)cc1NS(=O)(=O)c1ccc2c(c1)[C@H]1C=CC[C@H]1[C@@H](c1ccccc1F)N2. The van der Waals surface area contributed by atoms with Gasteiger partial charge in [0, 0.05) is 22.2 Å². The Labute approximate surface area is 192 Å². The van der Waals surface area contributed by atoms with Crippen LogP contribution in [0.2, 0.25) is 5.02 Å². The molecular weight excluding hydrogens is 447 g/mol. The Bertz CT molecular complexity index is 1340. The minimum atomic E-state index is -3.81. The third-order valence-electron chi connectivity index (χ3n) is 6.33. The lowest BCUT2D eigenvalue weighted by molar-refractivity contribution is 0.413. The van der Waals surface area contributed by atoms with Crippen molar-refractivity contribution in [1.29, 1.82) is 0 Å². The maximum Gasteiger partial charge on any atom is 0.261 e. The second kappa shape index (κ2) is 7.94. The van der Waals surface area contributed by atoms with E-state index in [2.05, 4.69) is 22.2 Å². The van der Waals surface area contributed by atoms with Crippen LogP contribution in [0.4, 0.5) is 15.8 Å². The standard InChI is InChI=1S/C25H22ClFN2O2S/c1-15-9-10-16(26)13-24(15)29-32(30,31)17-11-12-23-21(14-17)18-6-4-7-19(18)25(28-23)20-5-2-3-8-22(20)27/h2-6,8-14,18-19,25,28-29H,7H2,1H3/t18-,19+,25-/m0/s1. The molecule has 0 unspecified atom stereocenters. The first-order valence-corrected chi connectivity index (χ1v) is 12.3. The molecule has 1 heterocycles. The van der Waals surface area contributed by atoms with E-state index in [0.29, 0.717) is 16.3 Å². The molecule has 0 amide bonds. The highest BCUT2D eigenvalue weighted by Crippen LogP contribution is 2.50. The van der Waals surface area contributed by atoms with Gasteiger partial charge in [0.15, 0.2) is 0 Å². The van der Waals surface area contributed by atoms with Gasteiger partial charge in [0.25, 0.3) is 10.0 Å². The van der Waals surface area contributed by atoms with Gasteiger partial charge in [-0.2, -0.15) is 0 Å². The first-order chi connectivity index (χ1) is 15.3. The molecule has 5 rings (SSSR count). The molecule has 3 atom stereocenters. The van der Waals surface area contributed by atoms with Crippen LogP contribution in [0.5, 0.6) is 0 Å². The van der Waals surface area contributed by atoms with Crippen molar-refractivity contribution in [2.24, 2.45) is 5.92 Å². The van der Waals surface area contributed by atoms with E-state index in [1.165, 1.54) is 6.07 Å². The molecule has 0 radical (unpaired) electrons. The van der Waals surface area contributed by atoms with E-state index in [1.807, 2.05) is 19.1 Å². The monoisotopic (exact) mass is 468 g/mol. The first kappa shape index (κ1) is 21.0. The van der Waals surface area contributed by atoms with Crippen LogP contribution in [0, 0.1) is 18.7 Å². The summed E-state index contributed by atoms with van der Waals surface area (Å²) in [4.78, 5) is 0.181. The zero-order valence-electron chi connectivity index (χ0n) is 17.3. The molecule has 1 aliphatic carbocycles. The number of rotatable bonds is 4. The van der Waals surface area contributed by atoms with Crippen LogP contribution < -0.4 is 10.0 Å². The van der Waals surface area contributed by atoms with E-state index < -0.39 is 10.0 Å². The van der Waals surface area contributed by atoms with Gasteiger partial charge < -0.3 is 5.32 Å². The van der Waals surface area contributed by atoms with E-state index in [9.17, 15) is 12.8 Å². The van der Waals surface area contributed by atoms with Gasteiger partial charge in [-0.05, 0) is 66.8 Å². The van der Waals surface area contributed by atoms with Crippen LogP contribution in [-0.4, -0.2) is 8.42 Å². The van der Waals surface area contributed by atoms with Crippen molar-refractivity contribution in [2.45, 2.75) is 30.2 Å². The topological polar surface area (TPSA) is 58.2 Å². The molecule has 2 aliphatic rings. The van der Waals surface area contributed by atoms with Gasteiger partial charge in [-0.15, -0.1) is 0 Å². The fraction of sp³-hybridized carbons (Fsp3) is 0.200. The number of aryl methyl sites for hydroxylation is 1. The number of fused-ring (bicyclic) bond motifs is 3. The number of nitrogens with one attached hydrogen (secondary N) is 2. The zero-order chi connectivity index (χ0) is 22.5. The lowest BCUT2D eigenvalue weighted by atomic mass is 9.77. The fourth-order valence-electron chi connectivity index (χ4n) is 4.68. The Kier molecular flexibility index (Phi) is 5.22. The van der Waals surface area contributed by atoms with Gasteiger partial charge in [-0.3, -0.25) is 4.72 Å². The lowest BCUT2D eigenvalue weighted by Crippen LogP contribution is -2.30. The van der Waals surface area contributed by atoms with Gasteiger partial charge in [0.05, 0.1) is 16.6 Å². The minimum Gasteiger partial charge on any atom is -0.378 e. The molecule has 7 heteroatoms. The van der Waals surface area contributed by atoms with E-state index in [1.54, 1.807) is 42.5 Å². The maximum absolute atomic E-state index is 14.5. The van der Waals surface area contributed by atoms with Crippen LogP contribution in [0.1, 0.15) is 35.1 Å². The van der Waals surface area contributed by atoms with Gasteiger partial charge in [0.1, 0.15) is 5.82 Å². The maximum atomic E-state index is 14.5. The summed E-state index contributed by atoms with van der Waals surface area (Å²) in [6.07, 6.45) is 4.99. The molecule has 0 bridgehead atoms. The van der Waals surface area contributed by atoms with Gasteiger partial charge in [-0.25, -0.2) is 12.8 Å². The second-order valence-electron chi connectivity index (χ2n) is 8.31. The average Bonchev–Trinajstić information content (AvgIpc) is 3.26. The minimum absolute atomic E-state index is 0.0129. The number of hydrogen-bond acceptors (Lipinski definition) is 3. The molecule has 2 N–H and O–H groups in total. The summed E-state index contributed by atoms with van der Waals surface area (Å²) in [7, 11) is -3.81. The summed E-state index contributed by atoms with van der Waals surface area (Å²) in [6, 6.07) is 16.8. The number of anilines is 2. The van der Waals surface area contributed by atoms with Crippen molar-refractivity contribution in [1.82, 2.24) is 0 Å². The van der Waals surface area contributed by atoms with Crippen LogP contribution in [0.15, 0.2) is 77.7 Å². The van der Waals surface area contributed by atoms with Gasteiger partial charge in [-0.1, -0.05) is 48.0 Å². The summed E-state index contributed by atoms with van der Waals surface area (Å²) in [5, 5.41) is 3.92. The third-order valence-corrected chi connectivity index (χ3v) is 7.93. The summed E-state index contributed by atoms with van der Waals surface area (Å²) in [6.45, 7) is 1.82. The third kappa shape index (κ3) is 3.67. The Hall–Kier alpha value is -2.83. The van der Waals surface area contributed by atoms with Crippen molar-refractivity contribution in [3.8, 4) is 0 Å². The highest BCUT2D eigenvalue weighted by atomic mass is 35.5. The number of halogens is 2. The van der Waals surface area contributed by atoms with Crippen LogP contribution in [0.3, 0.4) is 0 Å². The van der Waals surface area contributed by atoms with Crippen molar-refractivity contribution < 1.29 is 12.8 Å². The molecule has 1 aliphatic heterocycles. The van der Waals surface area contributed by atoms with E-state index in [-0.39, 0.29) is 28.6 Å². The zero-order valence-corrected chi connectivity index (χ0v) is 18.9. The van der Waals surface area contributed by atoms with Crippen molar-refractivity contribution in [2.75, 3.05) is 10.0 Å². The van der Waals surface area contributed by atoms with Crippen LogP contribution in [-0.2, 0) is 10.0 Å². The Morgan fingerprint density at radius 2 is 1.88 bits per heavy atom. The van der Waals surface area contributed by atoms with Crippen LogP contribution in [0.25, 0.3) is 0 Å². The highest BCUT2D eigenvalue weighted by molar-refractivity contribution is 7.92. The van der Waals surface area contributed by atoms with Crippen molar-refractivity contribution >= 4 is 33.0 Å². The smallest absolute Gasteiger partial charge is 0.261 e. The Morgan fingerprint density at radius 1 is 1.06 bits per heavy atom. The molecule has 3 aromatic rings. The molecule has 4 nitrogen and oxygen atoms in total. The Morgan fingerprint density at radius 3 is 2.69 bits per heavy atom. The molecule has 0 saturated heterocycles. The molecule has 164 valence electrons. The summed E-state index contributed by atoms with van der Waals surface area (Å²) in [5.74, 6) is -0.112. The quantitative estimate of drug-likeness (QED) is 0.434. The molecular formula is C25H22ClFN2O2S. The predicted octanol–water partition coefficient (Wildman–Crippen LogP) is 6.41. The lowest BCUT2D eigenvalue weighted by Gasteiger charge is -2.37. The molecule has 0 fully saturated rings. The van der Waals surface area contributed by atoms with E-state index in [4.69, 9.17) is 11.6 Å². The molecule has 3 aromatic carbocycles. The molecule has 0 aromatic heterocycles. The highest BCUT2D eigenvalue weighted by Gasteiger charge is 2.39. The van der Waals surface area contributed by atoms with Crippen LogP contribution >= 0.6 is 11.6 Å². The van der Waals surface area contributed by atoms with Gasteiger partial charge >= 0.3 is 0 Å². The summed E-state index contributed by atoms with van der Waals surface area (Å²) < 4.78 is 43.5. The largest absolute Gasteiger partial charge is 0.378 e. The number of benzene rings is 3. The number of hydrogen-bond donors (Lipinski definition) is 2. The normalized spacial score (nSPS) is 21.5. The molecule has 0 spiro atoms. The predicted molar refractivity (Wildman–Crippen MR) is 126 cm³/mol. The summed E-state index contributed by atoms with van der Waals surface area (Å²) >= 11 is 6.05. The van der Waals surface area contributed by atoms with E-state index >= 15 is 0 Å². The summed E-state index contributed by atoms with van der Waals surface area (Å²) in [5.41, 5.74) is 3.59.